The van der Waals surface area contributed by atoms with Crippen molar-refractivity contribution in [2.45, 2.75) is 17.8 Å². The highest BCUT2D eigenvalue weighted by atomic mass is 35.5. The first-order valence-electron chi connectivity index (χ1n) is 4.97. The summed E-state index contributed by atoms with van der Waals surface area (Å²) in [5, 5.41) is 0.648. The monoisotopic (exact) mass is 271 g/mol. The molecular formula is C10H10ClN3O2S. The van der Waals surface area contributed by atoms with Gasteiger partial charge in [-0.05, 0) is 30.7 Å². The smallest absolute Gasteiger partial charge is 0.321 e. The second-order valence-electron chi connectivity index (χ2n) is 2.97. The summed E-state index contributed by atoms with van der Waals surface area (Å²) in [6.45, 7) is 2.34. The molecule has 2 heterocycles. The summed E-state index contributed by atoms with van der Waals surface area (Å²) in [7, 11) is 0. The van der Waals surface area contributed by atoms with Gasteiger partial charge in [-0.1, -0.05) is 11.8 Å². The normalized spacial score (nSPS) is 10.5. The molecule has 0 radical (unpaired) electrons. The van der Waals surface area contributed by atoms with E-state index in [1.807, 2.05) is 19.1 Å². The summed E-state index contributed by atoms with van der Waals surface area (Å²) < 4.78 is 10.4. The molecule has 7 heteroatoms. The largest absolute Gasteiger partial charge is 0.468 e. The molecule has 0 aliphatic heterocycles. The number of nitrogens with zero attached hydrogens (tertiary/aromatic N) is 3. The molecule has 0 unspecified atom stereocenters. The fraction of sp³-hybridized carbons (Fsp3) is 0.300. The third-order valence-electron chi connectivity index (χ3n) is 1.76. The number of thioether (sulfide) groups is 1. The van der Waals surface area contributed by atoms with Gasteiger partial charge in [0.15, 0.2) is 5.16 Å². The van der Waals surface area contributed by atoms with Crippen molar-refractivity contribution < 1.29 is 9.15 Å². The van der Waals surface area contributed by atoms with Crippen molar-refractivity contribution >= 4 is 23.4 Å². The van der Waals surface area contributed by atoms with Crippen molar-refractivity contribution in [2.24, 2.45) is 0 Å². The molecule has 0 saturated heterocycles. The minimum Gasteiger partial charge on any atom is -0.468 e. The molecule has 17 heavy (non-hydrogen) atoms. The lowest BCUT2D eigenvalue weighted by Gasteiger charge is -2.03. The SMILES string of the molecule is CCOc1nc(Cl)nc(SCc2ccco2)n1. The van der Waals surface area contributed by atoms with E-state index < -0.39 is 0 Å². The quantitative estimate of drug-likeness (QED) is 0.780. The Balaban J connectivity index is 2.04. The van der Waals surface area contributed by atoms with Crippen molar-refractivity contribution in [3.8, 4) is 6.01 Å². The average molecular weight is 272 g/mol. The van der Waals surface area contributed by atoms with Gasteiger partial charge in [-0.15, -0.1) is 0 Å². The first-order chi connectivity index (χ1) is 8.28. The molecule has 0 fully saturated rings. The molecule has 0 bridgehead atoms. The lowest BCUT2D eigenvalue weighted by atomic mass is 10.5. The Labute approximate surface area is 108 Å². The maximum atomic E-state index is 5.77. The Morgan fingerprint density at radius 1 is 1.41 bits per heavy atom. The summed E-state index contributed by atoms with van der Waals surface area (Å²) >= 11 is 7.18. The van der Waals surface area contributed by atoms with Gasteiger partial charge < -0.3 is 9.15 Å². The molecule has 0 saturated carbocycles. The van der Waals surface area contributed by atoms with Crippen molar-refractivity contribution in [2.75, 3.05) is 6.61 Å². The van der Waals surface area contributed by atoms with Gasteiger partial charge in [-0.25, -0.2) is 0 Å². The highest BCUT2D eigenvalue weighted by molar-refractivity contribution is 7.98. The zero-order valence-corrected chi connectivity index (χ0v) is 10.7. The van der Waals surface area contributed by atoms with Crippen LogP contribution in [0.25, 0.3) is 0 Å². The van der Waals surface area contributed by atoms with Crippen LogP contribution in [0, 0.1) is 0 Å². The maximum Gasteiger partial charge on any atom is 0.321 e. The molecule has 0 N–H and O–H groups in total. The van der Waals surface area contributed by atoms with Crippen LogP contribution in [0.3, 0.4) is 0 Å². The Bertz CT molecular complexity index is 478. The van der Waals surface area contributed by atoms with Crippen LogP contribution in [0.4, 0.5) is 0 Å². The first kappa shape index (κ1) is 12.2. The highest BCUT2D eigenvalue weighted by Crippen LogP contribution is 2.21. The van der Waals surface area contributed by atoms with E-state index in [4.69, 9.17) is 20.8 Å². The van der Waals surface area contributed by atoms with Crippen LogP contribution in [-0.4, -0.2) is 21.6 Å². The fourth-order valence-electron chi connectivity index (χ4n) is 1.10. The summed E-state index contributed by atoms with van der Waals surface area (Å²) in [6, 6.07) is 3.97. The van der Waals surface area contributed by atoms with Crippen LogP contribution >= 0.6 is 23.4 Å². The molecule has 0 aliphatic rings. The second-order valence-corrected chi connectivity index (χ2v) is 4.25. The van der Waals surface area contributed by atoms with Crippen LogP contribution in [0.5, 0.6) is 6.01 Å². The van der Waals surface area contributed by atoms with E-state index in [1.165, 1.54) is 11.8 Å². The van der Waals surface area contributed by atoms with E-state index in [1.54, 1.807) is 6.26 Å². The third kappa shape index (κ3) is 3.61. The third-order valence-corrected chi connectivity index (χ3v) is 2.80. The van der Waals surface area contributed by atoms with Crippen molar-refractivity contribution in [1.29, 1.82) is 0 Å². The van der Waals surface area contributed by atoms with Gasteiger partial charge in [0.05, 0.1) is 18.6 Å². The number of rotatable bonds is 5. The molecule has 2 aromatic heterocycles. The standard InChI is InChI=1S/C10H10ClN3O2S/c1-2-15-9-12-8(11)13-10(14-9)17-6-7-4-3-5-16-7/h3-5H,2,6H2,1H3. The van der Waals surface area contributed by atoms with E-state index in [9.17, 15) is 0 Å². The van der Waals surface area contributed by atoms with Gasteiger partial charge in [0.25, 0.3) is 0 Å². The minimum atomic E-state index is 0.130. The lowest BCUT2D eigenvalue weighted by Crippen LogP contribution is -2.00. The Morgan fingerprint density at radius 2 is 2.29 bits per heavy atom. The Kier molecular flexibility index (Phi) is 4.22. The van der Waals surface area contributed by atoms with Crippen molar-refractivity contribution in [1.82, 2.24) is 15.0 Å². The molecule has 0 aromatic carbocycles. The molecular weight excluding hydrogens is 262 g/mol. The summed E-state index contributed by atoms with van der Waals surface area (Å²) in [5.41, 5.74) is 0. The first-order valence-corrected chi connectivity index (χ1v) is 6.34. The Hall–Kier alpha value is -1.27. The number of ether oxygens (including phenoxy) is 1. The predicted octanol–water partition coefficient (Wildman–Crippen LogP) is 2.81. The molecule has 2 aromatic rings. The van der Waals surface area contributed by atoms with Crippen LogP contribution < -0.4 is 4.74 Å². The van der Waals surface area contributed by atoms with E-state index in [0.29, 0.717) is 17.5 Å². The predicted molar refractivity (Wildman–Crippen MR) is 64.3 cm³/mol. The minimum absolute atomic E-state index is 0.130. The number of halogens is 1. The Morgan fingerprint density at radius 3 is 3.00 bits per heavy atom. The zero-order valence-electron chi connectivity index (χ0n) is 9.09. The topological polar surface area (TPSA) is 61.0 Å². The van der Waals surface area contributed by atoms with Crippen LogP contribution in [-0.2, 0) is 5.75 Å². The van der Waals surface area contributed by atoms with Crippen molar-refractivity contribution in [3.05, 3.63) is 29.4 Å². The van der Waals surface area contributed by atoms with Gasteiger partial charge in [-0.3, -0.25) is 0 Å². The average Bonchev–Trinajstić information content (AvgIpc) is 2.79. The van der Waals surface area contributed by atoms with Crippen LogP contribution in [0.15, 0.2) is 28.0 Å². The molecule has 0 atom stereocenters. The van der Waals surface area contributed by atoms with Gasteiger partial charge >= 0.3 is 6.01 Å². The summed E-state index contributed by atoms with van der Waals surface area (Å²) in [5.74, 6) is 1.49. The zero-order chi connectivity index (χ0) is 12.1. The van der Waals surface area contributed by atoms with Crippen LogP contribution in [0.2, 0.25) is 5.28 Å². The highest BCUT2D eigenvalue weighted by Gasteiger charge is 2.07. The number of furan rings is 1. The molecule has 0 amide bonds. The van der Waals surface area contributed by atoms with E-state index in [0.717, 1.165) is 5.76 Å². The van der Waals surface area contributed by atoms with Gasteiger partial charge in [0.1, 0.15) is 5.76 Å². The molecule has 90 valence electrons. The van der Waals surface area contributed by atoms with E-state index in [2.05, 4.69) is 15.0 Å². The van der Waals surface area contributed by atoms with Crippen LogP contribution in [0.1, 0.15) is 12.7 Å². The van der Waals surface area contributed by atoms with Gasteiger partial charge in [-0.2, -0.15) is 15.0 Å². The van der Waals surface area contributed by atoms with Crippen molar-refractivity contribution in [3.63, 3.8) is 0 Å². The molecule has 5 nitrogen and oxygen atoms in total. The maximum absolute atomic E-state index is 5.77. The summed E-state index contributed by atoms with van der Waals surface area (Å²) in [4.78, 5) is 12.0. The molecule has 2 rings (SSSR count). The van der Waals surface area contributed by atoms with Gasteiger partial charge in [0, 0.05) is 0 Å². The van der Waals surface area contributed by atoms with Gasteiger partial charge in [0.2, 0.25) is 5.28 Å². The van der Waals surface area contributed by atoms with E-state index >= 15 is 0 Å². The molecule has 0 aliphatic carbocycles. The summed E-state index contributed by atoms with van der Waals surface area (Å²) in [6.07, 6.45) is 1.63. The fourth-order valence-corrected chi connectivity index (χ4v) is 2.04. The molecule has 0 spiro atoms. The van der Waals surface area contributed by atoms with E-state index in [-0.39, 0.29) is 11.3 Å². The number of hydrogen-bond acceptors (Lipinski definition) is 6. The lowest BCUT2D eigenvalue weighted by molar-refractivity contribution is 0.307. The number of aromatic nitrogens is 3. The number of hydrogen-bond donors (Lipinski definition) is 0. The second kappa shape index (κ2) is 5.88.